The molecule has 0 saturated carbocycles. The zero-order valence-electron chi connectivity index (χ0n) is 16.3. The lowest BCUT2D eigenvalue weighted by Crippen LogP contribution is -2.20. The molecule has 0 atom stereocenters. The number of para-hydroxylation sites is 2. The maximum atomic E-state index is 13.6. The topological polar surface area (TPSA) is 59.3 Å². The molecule has 0 fully saturated rings. The summed E-state index contributed by atoms with van der Waals surface area (Å²) in [5.41, 5.74) is 5.65. The number of aromatic nitrogens is 2. The Hall–Kier alpha value is -3.16. The molecule has 156 valence electrons. The number of nitrogens with one attached hydrogen (secondary N) is 1. The van der Waals surface area contributed by atoms with Crippen LogP contribution in [0.2, 0.25) is 5.02 Å². The quantitative estimate of drug-likeness (QED) is 0.240. The highest BCUT2D eigenvalue weighted by molar-refractivity contribution is 7.99. The summed E-state index contributed by atoms with van der Waals surface area (Å²) >= 11 is 7.31. The van der Waals surface area contributed by atoms with Crippen LogP contribution in [0.4, 0.5) is 4.39 Å². The van der Waals surface area contributed by atoms with Gasteiger partial charge in [0.2, 0.25) is 0 Å². The van der Waals surface area contributed by atoms with Crippen LogP contribution < -0.4 is 5.43 Å². The van der Waals surface area contributed by atoms with Gasteiger partial charge in [-0.05, 0) is 35.9 Å². The number of imidazole rings is 1. The number of halogens is 2. The maximum Gasteiger partial charge on any atom is 0.250 e. The average molecular weight is 453 g/mol. The second kappa shape index (κ2) is 9.76. The normalized spacial score (nSPS) is 11.3. The van der Waals surface area contributed by atoms with Gasteiger partial charge in [-0.25, -0.2) is 14.8 Å². The van der Waals surface area contributed by atoms with E-state index in [0.717, 1.165) is 21.8 Å². The first-order chi connectivity index (χ1) is 15.1. The van der Waals surface area contributed by atoms with E-state index in [4.69, 9.17) is 11.6 Å². The van der Waals surface area contributed by atoms with Crippen LogP contribution in [0, 0.1) is 5.82 Å². The minimum Gasteiger partial charge on any atom is -0.314 e. The van der Waals surface area contributed by atoms with Gasteiger partial charge in [0.15, 0.2) is 5.16 Å². The fraction of sp³-hybridized carbons (Fsp3) is 0.0870. The van der Waals surface area contributed by atoms with Gasteiger partial charge >= 0.3 is 0 Å². The van der Waals surface area contributed by atoms with Crippen molar-refractivity contribution in [3.8, 4) is 0 Å². The van der Waals surface area contributed by atoms with Crippen molar-refractivity contribution in [2.45, 2.75) is 11.7 Å². The monoisotopic (exact) mass is 452 g/mol. The van der Waals surface area contributed by atoms with Crippen LogP contribution in [0.25, 0.3) is 11.0 Å². The van der Waals surface area contributed by atoms with Crippen LogP contribution >= 0.6 is 23.4 Å². The first-order valence-corrected chi connectivity index (χ1v) is 10.9. The van der Waals surface area contributed by atoms with Gasteiger partial charge in [0.25, 0.3) is 5.91 Å². The van der Waals surface area contributed by atoms with Crippen molar-refractivity contribution >= 4 is 46.5 Å². The highest BCUT2D eigenvalue weighted by atomic mass is 35.5. The molecule has 4 aromatic rings. The van der Waals surface area contributed by atoms with Crippen LogP contribution in [-0.4, -0.2) is 27.4 Å². The minimum absolute atomic E-state index is 0.124. The second-order valence-corrected chi connectivity index (χ2v) is 8.08. The maximum absolute atomic E-state index is 13.6. The summed E-state index contributed by atoms with van der Waals surface area (Å²) in [4.78, 5) is 16.9. The average Bonchev–Trinajstić information content (AvgIpc) is 3.12. The number of thioether (sulfide) groups is 1. The third-order valence-electron chi connectivity index (χ3n) is 4.50. The molecule has 0 radical (unpaired) electrons. The Kier molecular flexibility index (Phi) is 6.64. The van der Waals surface area contributed by atoms with Crippen LogP contribution in [0.5, 0.6) is 0 Å². The van der Waals surface area contributed by atoms with E-state index in [-0.39, 0.29) is 11.7 Å². The number of hydrogen-bond donors (Lipinski definition) is 1. The molecular formula is C23H18ClFN4OS. The van der Waals surface area contributed by atoms with Crippen molar-refractivity contribution in [2.75, 3.05) is 5.75 Å². The highest BCUT2D eigenvalue weighted by Crippen LogP contribution is 2.25. The largest absolute Gasteiger partial charge is 0.314 e. The molecule has 0 unspecified atom stereocenters. The van der Waals surface area contributed by atoms with Gasteiger partial charge in [0, 0.05) is 10.6 Å². The molecule has 31 heavy (non-hydrogen) atoms. The number of benzene rings is 3. The van der Waals surface area contributed by atoms with E-state index in [1.165, 1.54) is 24.0 Å². The summed E-state index contributed by atoms with van der Waals surface area (Å²) < 4.78 is 15.7. The molecule has 0 aliphatic carbocycles. The zero-order chi connectivity index (χ0) is 21.6. The van der Waals surface area contributed by atoms with Gasteiger partial charge in [-0.2, -0.15) is 5.10 Å². The smallest absolute Gasteiger partial charge is 0.250 e. The van der Waals surface area contributed by atoms with Gasteiger partial charge in [-0.3, -0.25) is 4.79 Å². The van der Waals surface area contributed by atoms with Crippen LogP contribution in [0.1, 0.15) is 11.1 Å². The second-order valence-electron chi connectivity index (χ2n) is 6.70. The molecule has 0 spiro atoms. The molecule has 0 aliphatic heterocycles. The molecule has 8 heteroatoms. The van der Waals surface area contributed by atoms with E-state index in [0.29, 0.717) is 17.1 Å². The van der Waals surface area contributed by atoms with Crippen LogP contribution in [-0.2, 0) is 11.3 Å². The van der Waals surface area contributed by atoms with Crippen molar-refractivity contribution in [3.05, 3.63) is 94.8 Å². The van der Waals surface area contributed by atoms with Gasteiger partial charge < -0.3 is 4.57 Å². The lowest BCUT2D eigenvalue weighted by atomic mass is 10.2. The SMILES string of the molecule is O=C(CSc1nc2ccccc2n1Cc1ccc(Cl)cc1)N/N=C\c1ccccc1F. The Labute approximate surface area is 187 Å². The summed E-state index contributed by atoms with van der Waals surface area (Å²) in [6.45, 7) is 0.604. The fourth-order valence-corrected chi connectivity index (χ4v) is 3.94. The predicted octanol–water partition coefficient (Wildman–Crippen LogP) is 5.12. The number of fused-ring (bicyclic) bond motifs is 1. The first-order valence-electron chi connectivity index (χ1n) is 9.49. The number of rotatable bonds is 7. The molecule has 0 bridgehead atoms. The molecule has 1 amide bonds. The van der Waals surface area contributed by atoms with Gasteiger partial charge in [0.1, 0.15) is 5.82 Å². The number of carbonyl (C=O) groups excluding carboxylic acids is 1. The molecule has 1 heterocycles. The Morgan fingerprint density at radius 2 is 1.84 bits per heavy atom. The molecule has 3 aromatic carbocycles. The molecule has 1 N–H and O–H groups in total. The van der Waals surface area contributed by atoms with Crippen molar-refractivity contribution < 1.29 is 9.18 Å². The van der Waals surface area contributed by atoms with E-state index in [1.807, 2.05) is 48.5 Å². The highest BCUT2D eigenvalue weighted by Gasteiger charge is 2.13. The van der Waals surface area contributed by atoms with Crippen molar-refractivity contribution in [1.29, 1.82) is 0 Å². The number of hydrazone groups is 1. The van der Waals surface area contributed by atoms with Crippen LogP contribution in [0.3, 0.4) is 0 Å². The van der Waals surface area contributed by atoms with E-state index in [1.54, 1.807) is 18.2 Å². The summed E-state index contributed by atoms with van der Waals surface area (Å²) in [5, 5.41) is 5.25. The Balaban J connectivity index is 1.46. The molecular weight excluding hydrogens is 435 g/mol. The fourth-order valence-electron chi connectivity index (χ4n) is 3.00. The molecule has 4 rings (SSSR count). The summed E-state index contributed by atoms with van der Waals surface area (Å²) in [7, 11) is 0. The third-order valence-corrected chi connectivity index (χ3v) is 5.73. The van der Waals surface area contributed by atoms with Gasteiger partial charge in [0.05, 0.1) is 29.5 Å². The molecule has 5 nitrogen and oxygen atoms in total. The van der Waals surface area contributed by atoms with Crippen LogP contribution in [0.15, 0.2) is 83.1 Å². The van der Waals surface area contributed by atoms with Crippen molar-refractivity contribution in [1.82, 2.24) is 15.0 Å². The zero-order valence-corrected chi connectivity index (χ0v) is 17.9. The molecule has 0 saturated heterocycles. The number of hydrogen-bond acceptors (Lipinski definition) is 4. The predicted molar refractivity (Wildman–Crippen MR) is 123 cm³/mol. The van der Waals surface area contributed by atoms with Gasteiger partial charge in [-0.1, -0.05) is 65.8 Å². The van der Waals surface area contributed by atoms with E-state index < -0.39 is 5.82 Å². The molecule has 1 aromatic heterocycles. The Bertz CT molecular complexity index is 1240. The summed E-state index contributed by atoms with van der Waals surface area (Å²) in [6.07, 6.45) is 1.29. The number of amides is 1. The third kappa shape index (κ3) is 5.31. The Morgan fingerprint density at radius 1 is 1.10 bits per heavy atom. The standard InChI is InChI=1S/C23H18ClFN4OS/c24-18-11-9-16(10-12-18)14-29-21-8-4-3-7-20(21)27-23(29)31-15-22(30)28-26-13-17-5-1-2-6-19(17)25/h1-13H,14-15H2,(H,28,30)/b26-13-. The number of nitrogens with zero attached hydrogens (tertiary/aromatic N) is 3. The minimum atomic E-state index is -0.397. The Morgan fingerprint density at radius 3 is 2.65 bits per heavy atom. The van der Waals surface area contributed by atoms with Gasteiger partial charge in [-0.15, -0.1) is 0 Å². The lowest BCUT2D eigenvalue weighted by Gasteiger charge is -2.09. The molecule has 0 aliphatic rings. The number of carbonyl (C=O) groups is 1. The summed E-state index contributed by atoms with van der Waals surface area (Å²) in [5.74, 6) is -0.577. The first kappa shape index (κ1) is 21.1. The summed E-state index contributed by atoms with van der Waals surface area (Å²) in [6, 6.07) is 21.7. The van der Waals surface area contributed by atoms with E-state index in [2.05, 4.69) is 20.1 Å². The van der Waals surface area contributed by atoms with E-state index >= 15 is 0 Å². The van der Waals surface area contributed by atoms with E-state index in [9.17, 15) is 9.18 Å². The lowest BCUT2D eigenvalue weighted by molar-refractivity contribution is -0.118. The van der Waals surface area contributed by atoms with Crippen molar-refractivity contribution in [3.63, 3.8) is 0 Å². The van der Waals surface area contributed by atoms with Crippen molar-refractivity contribution in [2.24, 2.45) is 5.10 Å².